The Morgan fingerprint density at radius 2 is 1.74 bits per heavy atom. The molecule has 1 saturated carbocycles. The monoisotopic (exact) mass is 491 g/mol. The van der Waals surface area contributed by atoms with E-state index in [4.69, 9.17) is 21.1 Å². The van der Waals surface area contributed by atoms with E-state index >= 15 is 0 Å². The minimum Gasteiger partial charge on any atom is -0.487 e. The fourth-order valence-corrected chi connectivity index (χ4v) is 4.15. The Labute approximate surface area is 201 Å². The van der Waals surface area contributed by atoms with Crippen LogP contribution >= 0.6 is 11.6 Å². The minimum atomic E-state index is -3.42. The van der Waals surface area contributed by atoms with Gasteiger partial charge in [-0.15, -0.1) is 0 Å². The Kier molecular flexibility index (Phi) is 5.60. The molecular formula is C25H18ClN3O4S. The fourth-order valence-electron chi connectivity index (χ4n) is 3.39. The summed E-state index contributed by atoms with van der Waals surface area (Å²) in [5, 5.41) is 9.76. The van der Waals surface area contributed by atoms with E-state index in [-0.39, 0.29) is 11.1 Å². The van der Waals surface area contributed by atoms with E-state index in [9.17, 15) is 13.7 Å². The number of benzene rings is 3. The van der Waals surface area contributed by atoms with Crippen LogP contribution in [0.4, 0.5) is 0 Å². The first-order chi connectivity index (χ1) is 16.3. The molecule has 1 fully saturated rings. The molecule has 1 aliphatic carbocycles. The first-order valence-corrected chi connectivity index (χ1v) is 12.7. The topological polar surface area (TPSA) is 102 Å². The third-order valence-corrected chi connectivity index (χ3v) is 6.51. The van der Waals surface area contributed by atoms with Crippen LogP contribution in [0, 0.1) is 11.3 Å². The van der Waals surface area contributed by atoms with E-state index < -0.39 is 9.84 Å². The Balaban J connectivity index is 1.37. The summed E-state index contributed by atoms with van der Waals surface area (Å²) in [4.78, 5) is 8.42. The number of hydrogen-bond acceptors (Lipinski definition) is 7. The molecule has 1 aromatic heterocycles. The standard InChI is InChI=1S/C25H18ClN3O4S/c1-34(30,31)24-14-28-23-11-16(4-9-22(23)29-24)15-2-5-18(6-3-15)32-20-10-17(13-27)25(21(26)12-20)33-19-7-8-19/h2-6,9-12,14,19H,7-8H2,1H3. The number of ether oxygens (including phenoxy) is 2. The van der Waals surface area contributed by atoms with Gasteiger partial charge in [0.05, 0.1) is 33.9 Å². The van der Waals surface area contributed by atoms with Crippen molar-refractivity contribution in [3.8, 4) is 34.4 Å². The van der Waals surface area contributed by atoms with Crippen molar-refractivity contribution in [2.45, 2.75) is 24.0 Å². The van der Waals surface area contributed by atoms with Crippen LogP contribution in [0.2, 0.25) is 5.02 Å². The van der Waals surface area contributed by atoms with Gasteiger partial charge in [-0.2, -0.15) is 5.26 Å². The number of rotatable bonds is 6. The van der Waals surface area contributed by atoms with Crippen LogP contribution in [-0.2, 0) is 9.84 Å². The number of fused-ring (bicyclic) bond motifs is 1. The minimum absolute atomic E-state index is 0.0546. The van der Waals surface area contributed by atoms with Crippen LogP contribution in [0.15, 0.2) is 65.8 Å². The molecular weight excluding hydrogens is 474 g/mol. The molecule has 0 atom stereocenters. The second-order valence-corrected chi connectivity index (χ2v) is 10.4. The van der Waals surface area contributed by atoms with Gasteiger partial charge < -0.3 is 9.47 Å². The lowest BCUT2D eigenvalue weighted by molar-refractivity contribution is 0.302. The average molecular weight is 492 g/mol. The summed E-state index contributed by atoms with van der Waals surface area (Å²) in [7, 11) is -3.42. The van der Waals surface area contributed by atoms with Crippen molar-refractivity contribution < 1.29 is 17.9 Å². The lowest BCUT2D eigenvalue weighted by Crippen LogP contribution is -2.01. The van der Waals surface area contributed by atoms with Gasteiger partial charge in [0, 0.05) is 18.4 Å². The largest absolute Gasteiger partial charge is 0.487 e. The summed E-state index contributed by atoms with van der Waals surface area (Å²) in [6.45, 7) is 0. The average Bonchev–Trinajstić information content (AvgIpc) is 3.64. The molecule has 0 amide bonds. The predicted molar refractivity (Wildman–Crippen MR) is 128 cm³/mol. The van der Waals surface area contributed by atoms with Gasteiger partial charge in [-0.3, -0.25) is 4.98 Å². The summed E-state index contributed by atoms with van der Waals surface area (Å²) in [5.41, 5.74) is 3.26. The van der Waals surface area contributed by atoms with Gasteiger partial charge in [-0.1, -0.05) is 29.8 Å². The highest BCUT2D eigenvalue weighted by Crippen LogP contribution is 2.38. The number of halogens is 1. The zero-order valence-electron chi connectivity index (χ0n) is 18.0. The normalized spacial score (nSPS) is 13.4. The summed E-state index contributed by atoms with van der Waals surface area (Å²) in [6, 6.07) is 18.2. The third kappa shape index (κ3) is 4.67. The van der Waals surface area contributed by atoms with Crippen LogP contribution in [0.3, 0.4) is 0 Å². The first kappa shape index (κ1) is 22.1. The Morgan fingerprint density at radius 3 is 2.41 bits per heavy atom. The third-order valence-electron chi connectivity index (χ3n) is 5.27. The van der Waals surface area contributed by atoms with E-state index in [0.29, 0.717) is 38.9 Å². The molecule has 5 rings (SSSR count). The predicted octanol–water partition coefficient (Wildman–Crippen LogP) is 5.56. The quantitative estimate of drug-likeness (QED) is 0.348. The molecule has 9 heteroatoms. The molecule has 1 heterocycles. The van der Waals surface area contributed by atoms with Gasteiger partial charge in [0.1, 0.15) is 17.6 Å². The Bertz CT molecular complexity index is 1560. The maximum absolute atomic E-state index is 11.7. The smallest absolute Gasteiger partial charge is 0.194 e. The molecule has 0 radical (unpaired) electrons. The number of aromatic nitrogens is 2. The molecule has 4 aromatic rings. The molecule has 3 aromatic carbocycles. The second-order valence-electron chi connectivity index (χ2n) is 8.02. The van der Waals surface area contributed by atoms with Crippen molar-refractivity contribution >= 4 is 32.5 Å². The van der Waals surface area contributed by atoms with E-state index in [2.05, 4.69) is 16.0 Å². The van der Waals surface area contributed by atoms with Gasteiger partial charge in [0.15, 0.2) is 20.6 Å². The molecule has 0 unspecified atom stereocenters. The van der Waals surface area contributed by atoms with Crippen LogP contribution in [0.25, 0.3) is 22.2 Å². The lowest BCUT2D eigenvalue weighted by Gasteiger charge is -2.12. The first-order valence-electron chi connectivity index (χ1n) is 10.5. The SMILES string of the molecule is CS(=O)(=O)c1cnc2cc(-c3ccc(Oc4cc(Cl)c(OC5CC5)c(C#N)c4)cc3)ccc2n1. The fraction of sp³-hybridized carbons (Fsp3) is 0.160. The molecule has 0 aliphatic heterocycles. The highest BCUT2D eigenvalue weighted by molar-refractivity contribution is 7.90. The zero-order valence-corrected chi connectivity index (χ0v) is 19.6. The summed E-state index contributed by atoms with van der Waals surface area (Å²) >= 11 is 6.34. The van der Waals surface area contributed by atoms with Crippen molar-refractivity contribution in [1.29, 1.82) is 5.26 Å². The van der Waals surface area contributed by atoms with Gasteiger partial charge in [0.25, 0.3) is 0 Å². The van der Waals surface area contributed by atoms with E-state index in [1.54, 1.807) is 18.2 Å². The maximum atomic E-state index is 11.7. The number of hydrogen-bond donors (Lipinski definition) is 0. The van der Waals surface area contributed by atoms with Crippen LogP contribution in [0.5, 0.6) is 17.2 Å². The van der Waals surface area contributed by atoms with Gasteiger partial charge >= 0.3 is 0 Å². The molecule has 7 nitrogen and oxygen atoms in total. The lowest BCUT2D eigenvalue weighted by atomic mass is 10.0. The molecule has 34 heavy (non-hydrogen) atoms. The molecule has 0 spiro atoms. The van der Waals surface area contributed by atoms with Crippen molar-refractivity contribution in [2.75, 3.05) is 6.26 Å². The Hall–Kier alpha value is -3.67. The van der Waals surface area contributed by atoms with Crippen molar-refractivity contribution in [1.82, 2.24) is 9.97 Å². The summed E-state index contributed by atoms with van der Waals surface area (Å²) < 4.78 is 35.1. The Morgan fingerprint density at radius 1 is 1.00 bits per heavy atom. The van der Waals surface area contributed by atoms with Crippen molar-refractivity contribution in [3.63, 3.8) is 0 Å². The molecule has 0 bridgehead atoms. The van der Waals surface area contributed by atoms with E-state index in [1.165, 1.54) is 6.20 Å². The number of sulfone groups is 1. The number of nitriles is 1. The van der Waals surface area contributed by atoms with Gasteiger partial charge in [-0.25, -0.2) is 13.4 Å². The van der Waals surface area contributed by atoms with E-state index in [0.717, 1.165) is 30.2 Å². The summed E-state index contributed by atoms with van der Waals surface area (Å²) in [6.07, 6.45) is 4.44. The van der Waals surface area contributed by atoms with Gasteiger partial charge in [-0.05, 0) is 48.2 Å². The van der Waals surface area contributed by atoms with Gasteiger partial charge in [0.2, 0.25) is 0 Å². The van der Waals surface area contributed by atoms with Crippen molar-refractivity contribution in [2.24, 2.45) is 0 Å². The van der Waals surface area contributed by atoms with Crippen LogP contribution < -0.4 is 9.47 Å². The molecule has 0 N–H and O–H groups in total. The highest BCUT2D eigenvalue weighted by Gasteiger charge is 2.26. The number of nitrogens with zero attached hydrogens (tertiary/aromatic N) is 3. The molecule has 0 saturated heterocycles. The zero-order chi connectivity index (χ0) is 23.9. The van der Waals surface area contributed by atoms with E-state index in [1.807, 2.05) is 36.4 Å². The molecule has 170 valence electrons. The summed E-state index contributed by atoms with van der Waals surface area (Å²) in [5.74, 6) is 1.43. The van der Waals surface area contributed by atoms with Crippen LogP contribution in [-0.4, -0.2) is 30.7 Å². The van der Waals surface area contributed by atoms with Crippen molar-refractivity contribution in [3.05, 3.63) is 71.4 Å². The van der Waals surface area contributed by atoms with Crippen LogP contribution in [0.1, 0.15) is 18.4 Å². The second kappa shape index (κ2) is 8.60. The highest BCUT2D eigenvalue weighted by atomic mass is 35.5. The molecule has 1 aliphatic rings. The maximum Gasteiger partial charge on any atom is 0.194 e.